The molecule has 0 saturated heterocycles. The second-order valence-corrected chi connectivity index (χ2v) is 3.89. The van der Waals surface area contributed by atoms with Gasteiger partial charge in [0.05, 0.1) is 5.69 Å². The predicted molar refractivity (Wildman–Crippen MR) is 60.5 cm³/mol. The molecular formula is C11H21N3O. The molecule has 1 atom stereocenters. The third-order valence-electron chi connectivity index (χ3n) is 2.52. The van der Waals surface area contributed by atoms with Crippen molar-refractivity contribution in [2.45, 2.75) is 33.4 Å². The summed E-state index contributed by atoms with van der Waals surface area (Å²) >= 11 is 0. The van der Waals surface area contributed by atoms with Crippen molar-refractivity contribution in [1.29, 1.82) is 0 Å². The molecule has 86 valence electrons. The van der Waals surface area contributed by atoms with E-state index in [9.17, 15) is 0 Å². The number of nitrogens with zero attached hydrogens (tertiary/aromatic N) is 2. The third kappa shape index (κ3) is 4.01. The molecule has 1 aromatic rings. The molecule has 0 spiro atoms. The lowest BCUT2D eigenvalue weighted by atomic mass is 10.1. The molecule has 15 heavy (non-hydrogen) atoms. The highest BCUT2D eigenvalue weighted by Crippen LogP contribution is 2.01. The van der Waals surface area contributed by atoms with E-state index in [1.54, 1.807) is 0 Å². The zero-order chi connectivity index (χ0) is 11.1. The number of aliphatic hydroxyl groups excluding tert-OH is 1. The first-order valence-corrected chi connectivity index (χ1v) is 5.60. The molecular weight excluding hydrogens is 190 g/mol. The van der Waals surface area contributed by atoms with Gasteiger partial charge in [0, 0.05) is 25.9 Å². The topological polar surface area (TPSA) is 50.1 Å². The second kappa shape index (κ2) is 6.58. The first-order chi connectivity index (χ1) is 7.27. The molecule has 1 aromatic heterocycles. The van der Waals surface area contributed by atoms with Gasteiger partial charge in [0.1, 0.15) is 0 Å². The molecule has 0 aromatic carbocycles. The summed E-state index contributed by atoms with van der Waals surface area (Å²) in [6.45, 7) is 7.20. The number of nitrogens with one attached hydrogen (secondary N) is 1. The minimum Gasteiger partial charge on any atom is -0.396 e. The molecule has 0 aliphatic rings. The van der Waals surface area contributed by atoms with Crippen molar-refractivity contribution in [2.75, 3.05) is 13.2 Å². The van der Waals surface area contributed by atoms with Crippen LogP contribution in [0.5, 0.6) is 0 Å². The van der Waals surface area contributed by atoms with Crippen LogP contribution in [0.15, 0.2) is 12.3 Å². The minimum atomic E-state index is 0.274. The smallest absolute Gasteiger partial charge is 0.0521 e. The molecule has 0 fully saturated rings. The van der Waals surface area contributed by atoms with Crippen molar-refractivity contribution >= 4 is 0 Å². The molecule has 4 nitrogen and oxygen atoms in total. The molecule has 0 aliphatic heterocycles. The number of aryl methyl sites for hydroxylation is 1. The molecule has 0 bridgehead atoms. The molecule has 1 heterocycles. The van der Waals surface area contributed by atoms with Crippen molar-refractivity contribution in [2.24, 2.45) is 5.92 Å². The average Bonchev–Trinajstić information content (AvgIpc) is 2.66. The zero-order valence-corrected chi connectivity index (χ0v) is 9.61. The average molecular weight is 211 g/mol. The standard InChI is InChI=1S/C11H21N3O/c1-3-14-11(4-6-13-14)9-12-8-10(2)5-7-15/h4,6,10,12,15H,3,5,7-9H2,1-2H3. The first kappa shape index (κ1) is 12.2. The van der Waals surface area contributed by atoms with Gasteiger partial charge in [-0.15, -0.1) is 0 Å². The summed E-state index contributed by atoms with van der Waals surface area (Å²) in [7, 11) is 0. The van der Waals surface area contributed by atoms with E-state index in [0.717, 1.165) is 26.1 Å². The van der Waals surface area contributed by atoms with Gasteiger partial charge in [-0.25, -0.2) is 0 Å². The fourth-order valence-corrected chi connectivity index (χ4v) is 1.56. The van der Waals surface area contributed by atoms with E-state index < -0.39 is 0 Å². The highest BCUT2D eigenvalue weighted by Gasteiger charge is 2.02. The predicted octanol–water partition coefficient (Wildman–Crippen LogP) is 1.01. The van der Waals surface area contributed by atoms with Crippen molar-refractivity contribution in [1.82, 2.24) is 15.1 Å². The fraction of sp³-hybridized carbons (Fsp3) is 0.727. The Morgan fingerprint density at radius 1 is 1.60 bits per heavy atom. The number of rotatable bonds is 7. The van der Waals surface area contributed by atoms with Crippen LogP contribution in [0.3, 0.4) is 0 Å². The van der Waals surface area contributed by atoms with Gasteiger partial charge in [-0.05, 0) is 31.9 Å². The van der Waals surface area contributed by atoms with E-state index in [0.29, 0.717) is 5.92 Å². The Kier molecular flexibility index (Phi) is 5.36. The van der Waals surface area contributed by atoms with Crippen LogP contribution in [0, 0.1) is 5.92 Å². The van der Waals surface area contributed by atoms with Crippen LogP contribution < -0.4 is 5.32 Å². The van der Waals surface area contributed by atoms with Crippen molar-refractivity contribution < 1.29 is 5.11 Å². The SMILES string of the molecule is CCn1nccc1CNCC(C)CCO. The molecule has 0 aliphatic carbocycles. The van der Waals surface area contributed by atoms with Crippen LogP contribution in [-0.4, -0.2) is 28.0 Å². The van der Waals surface area contributed by atoms with Crippen molar-refractivity contribution in [3.63, 3.8) is 0 Å². The van der Waals surface area contributed by atoms with Crippen LogP contribution >= 0.6 is 0 Å². The largest absolute Gasteiger partial charge is 0.396 e. The van der Waals surface area contributed by atoms with Crippen molar-refractivity contribution in [3.05, 3.63) is 18.0 Å². The summed E-state index contributed by atoms with van der Waals surface area (Å²) in [6, 6.07) is 2.03. The molecule has 4 heteroatoms. The van der Waals surface area contributed by atoms with Gasteiger partial charge >= 0.3 is 0 Å². The number of aromatic nitrogens is 2. The first-order valence-electron chi connectivity index (χ1n) is 5.60. The monoisotopic (exact) mass is 211 g/mol. The van der Waals surface area contributed by atoms with E-state index in [-0.39, 0.29) is 6.61 Å². The lowest BCUT2D eigenvalue weighted by Crippen LogP contribution is -2.23. The number of hydrogen-bond acceptors (Lipinski definition) is 3. The lowest BCUT2D eigenvalue weighted by Gasteiger charge is -2.11. The lowest BCUT2D eigenvalue weighted by molar-refractivity contribution is 0.260. The summed E-state index contributed by atoms with van der Waals surface area (Å²) in [5, 5.41) is 16.3. The Morgan fingerprint density at radius 2 is 2.40 bits per heavy atom. The highest BCUT2D eigenvalue weighted by atomic mass is 16.3. The Balaban J connectivity index is 2.25. The zero-order valence-electron chi connectivity index (χ0n) is 9.61. The quantitative estimate of drug-likeness (QED) is 0.707. The normalized spacial score (nSPS) is 13.0. The van der Waals surface area contributed by atoms with Gasteiger partial charge in [-0.1, -0.05) is 6.92 Å². The summed E-state index contributed by atoms with van der Waals surface area (Å²) in [6.07, 6.45) is 2.69. The Morgan fingerprint density at radius 3 is 3.07 bits per heavy atom. The Hall–Kier alpha value is -0.870. The molecule has 0 amide bonds. The van der Waals surface area contributed by atoms with Gasteiger partial charge in [0.15, 0.2) is 0 Å². The van der Waals surface area contributed by atoms with E-state index in [1.165, 1.54) is 5.69 Å². The maximum Gasteiger partial charge on any atom is 0.0521 e. The van der Waals surface area contributed by atoms with Crippen LogP contribution in [0.1, 0.15) is 26.0 Å². The summed E-state index contributed by atoms with van der Waals surface area (Å²) in [4.78, 5) is 0. The van der Waals surface area contributed by atoms with E-state index >= 15 is 0 Å². The van der Waals surface area contributed by atoms with Gasteiger partial charge in [-0.3, -0.25) is 4.68 Å². The van der Waals surface area contributed by atoms with Crippen LogP contribution in [0.4, 0.5) is 0 Å². The Bertz CT molecular complexity index is 273. The van der Waals surface area contributed by atoms with E-state index in [1.807, 2.05) is 16.9 Å². The highest BCUT2D eigenvalue weighted by molar-refractivity contribution is 4.99. The Labute approximate surface area is 91.3 Å². The van der Waals surface area contributed by atoms with Gasteiger partial charge in [0.2, 0.25) is 0 Å². The molecule has 0 radical (unpaired) electrons. The molecule has 2 N–H and O–H groups in total. The molecule has 1 unspecified atom stereocenters. The van der Waals surface area contributed by atoms with Crippen molar-refractivity contribution in [3.8, 4) is 0 Å². The van der Waals surface area contributed by atoms with E-state index in [4.69, 9.17) is 5.11 Å². The summed E-state index contributed by atoms with van der Waals surface area (Å²) < 4.78 is 1.99. The summed E-state index contributed by atoms with van der Waals surface area (Å²) in [5.41, 5.74) is 1.22. The van der Waals surface area contributed by atoms with Gasteiger partial charge in [-0.2, -0.15) is 5.10 Å². The fourth-order valence-electron chi connectivity index (χ4n) is 1.56. The maximum absolute atomic E-state index is 8.76. The van der Waals surface area contributed by atoms with Crippen LogP contribution in [-0.2, 0) is 13.1 Å². The number of aliphatic hydroxyl groups is 1. The van der Waals surface area contributed by atoms with E-state index in [2.05, 4.69) is 24.3 Å². The van der Waals surface area contributed by atoms with Crippen LogP contribution in [0.2, 0.25) is 0 Å². The van der Waals surface area contributed by atoms with Gasteiger partial charge in [0.25, 0.3) is 0 Å². The minimum absolute atomic E-state index is 0.274. The second-order valence-electron chi connectivity index (χ2n) is 3.89. The third-order valence-corrected chi connectivity index (χ3v) is 2.52. The molecule has 0 saturated carbocycles. The number of hydrogen-bond donors (Lipinski definition) is 2. The van der Waals surface area contributed by atoms with Gasteiger partial charge < -0.3 is 10.4 Å². The molecule has 1 rings (SSSR count). The van der Waals surface area contributed by atoms with Crippen LogP contribution in [0.25, 0.3) is 0 Å². The summed E-state index contributed by atoms with van der Waals surface area (Å²) in [5.74, 6) is 0.521. The maximum atomic E-state index is 8.76.